The van der Waals surface area contributed by atoms with E-state index in [1.54, 1.807) is 0 Å². The van der Waals surface area contributed by atoms with Crippen LogP contribution in [0.3, 0.4) is 0 Å². The summed E-state index contributed by atoms with van der Waals surface area (Å²) in [5.74, 6) is 0. The van der Waals surface area contributed by atoms with Crippen LogP contribution in [0.15, 0.2) is 12.2 Å². The Morgan fingerprint density at radius 3 is 2.71 bits per heavy atom. The largest absolute Gasteiger partial charge is 0.378 e. The summed E-state index contributed by atoms with van der Waals surface area (Å²) in [5.41, 5.74) is 5.47. The van der Waals surface area contributed by atoms with Crippen molar-refractivity contribution in [3.05, 3.63) is 12.2 Å². The van der Waals surface area contributed by atoms with Gasteiger partial charge < -0.3 is 10.5 Å². The van der Waals surface area contributed by atoms with Crippen LogP contribution in [0.2, 0.25) is 0 Å². The summed E-state index contributed by atoms with van der Waals surface area (Å²) in [5, 5.41) is 0. The van der Waals surface area contributed by atoms with E-state index in [0.717, 1.165) is 19.6 Å². The predicted octanol–water partition coefficient (Wildman–Crippen LogP) is 1.92. The van der Waals surface area contributed by atoms with Crippen LogP contribution in [0, 0.1) is 0 Å². The lowest BCUT2D eigenvalue weighted by Crippen LogP contribution is -2.43. The number of hydrogen-bond acceptors (Lipinski definition) is 3. The van der Waals surface area contributed by atoms with Gasteiger partial charge in [-0.1, -0.05) is 12.2 Å². The first-order valence-electron chi connectivity index (χ1n) is 7.12. The quantitative estimate of drug-likeness (QED) is 0.587. The van der Waals surface area contributed by atoms with E-state index < -0.39 is 0 Å². The number of likely N-dealkylation sites (tertiary alicyclic amines) is 1. The lowest BCUT2D eigenvalue weighted by molar-refractivity contribution is 0.000913. The lowest BCUT2D eigenvalue weighted by Gasteiger charge is -2.37. The molecule has 2 N–H and O–H groups in total. The summed E-state index contributed by atoms with van der Waals surface area (Å²) in [4.78, 5) is 2.62. The van der Waals surface area contributed by atoms with Gasteiger partial charge in [-0.15, -0.1) is 0 Å². The molecule has 1 fully saturated rings. The molecule has 1 atom stereocenters. The topological polar surface area (TPSA) is 38.5 Å². The summed E-state index contributed by atoms with van der Waals surface area (Å²) < 4.78 is 5.83. The first-order chi connectivity index (χ1) is 8.40. The molecular formula is C14H26N2O. The molecule has 98 valence electrons. The zero-order valence-corrected chi connectivity index (χ0v) is 10.8. The van der Waals surface area contributed by atoms with Gasteiger partial charge in [0.25, 0.3) is 0 Å². The van der Waals surface area contributed by atoms with Crippen molar-refractivity contribution in [3.63, 3.8) is 0 Å². The van der Waals surface area contributed by atoms with Crippen LogP contribution in [-0.2, 0) is 4.74 Å². The fourth-order valence-corrected chi connectivity index (χ4v) is 2.81. The summed E-state index contributed by atoms with van der Waals surface area (Å²) in [7, 11) is 0. The molecule has 1 saturated heterocycles. The van der Waals surface area contributed by atoms with E-state index >= 15 is 0 Å². The van der Waals surface area contributed by atoms with Gasteiger partial charge in [0.05, 0.1) is 6.10 Å². The van der Waals surface area contributed by atoms with Gasteiger partial charge in [0.15, 0.2) is 0 Å². The first-order valence-corrected chi connectivity index (χ1v) is 7.12. The van der Waals surface area contributed by atoms with E-state index in [0.29, 0.717) is 12.1 Å². The standard InChI is InChI=1S/C14H26N2O/c15-9-4-12-17-14-7-10-16(11-8-14)13-5-2-1-3-6-13/h2,5,13-14H,1,3-4,6-12,15H2. The second-order valence-corrected chi connectivity index (χ2v) is 5.17. The number of ether oxygens (including phenoxy) is 1. The molecule has 1 aliphatic carbocycles. The van der Waals surface area contributed by atoms with E-state index in [1.165, 1.54) is 45.2 Å². The Morgan fingerprint density at radius 2 is 2.06 bits per heavy atom. The van der Waals surface area contributed by atoms with Crippen molar-refractivity contribution in [2.24, 2.45) is 5.73 Å². The van der Waals surface area contributed by atoms with Gasteiger partial charge in [-0.3, -0.25) is 4.90 Å². The molecule has 0 aromatic carbocycles. The van der Waals surface area contributed by atoms with Gasteiger partial charge in [0.1, 0.15) is 0 Å². The number of piperidine rings is 1. The zero-order valence-electron chi connectivity index (χ0n) is 10.8. The molecule has 0 aromatic rings. The summed E-state index contributed by atoms with van der Waals surface area (Å²) in [6.45, 7) is 3.97. The predicted molar refractivity (Wildman–Crippen MR) is 71.0 cm³/mol. The Morgan fingerprint density at radius 1 is 1.24 bits per heavy atom. The summed E-state index contributed by atoms with van der Waals surface area (Å²) >= 11 is 0. The van der Waals surface area contributed by atoms with Crippen molar-refractivity contribution in [1.29, 1.82) is 0 Å². The number of nitrogens with two attached hydrogens (primary N) is 1. The molecule has 0 amide bonds. The van der Waals surface area contributed by atoms with Crippen LogP contribution in [0.1, 0.15) is 38.5 Å². The van der Waals surface area contributed by atoms with Crippen LogP contribution < -0.4 is 5.73 Å². The Hall–Kier alpha value is -0.380. The minimum Gasteiger partial charge on any atom is -0.378 e. The number of nitrogens with zero attached hydrogens (tertiary/aromatic N) is 1. The maximum absolute atomic E-state index is 5.83. The Balaban J connectivity index is 1.66. The van der Waals surface area contributed by atoms with Crippen molar-refractivity contribution in [2.45, 2.75) is 50.7 Å². The van der Waals surface area contributed by atoms with Crippen molar-refractivity contribution < 1.29 is 4.74 Å². The molecule has 1 aliphatic heterocycles. The number of allylic oxidation sites excluding steroid dienone is 1. The average Bonchev–Trinajstić information content (AvgIpc) is 2.41. The maximum atomic E-state index is 5.83. The van der Waals surface area contributed by atoms with E-state index in [1.807, 2.05) is 0 Å². The Bertz CT molecular complexity index is 234. The van der Waals surface area contributed by atoms with E-state index in [2.05, 4.69) is 17.1 Å². The van der Waals surface area contributed by atoms with Gasteiger partial charge >= 0.3 is 0 Å². The molecule has 0 saturated carbocycles. The monoisotopic (exact) mass is 238 g/mol. The number of rotatable bonds is 5. The normalized spacial score (nSPS) is 27.5. The van der Waals surface area contributed by atoms with Crippen LogP contribution in [0.25, 0.3) is 0 Å². The second kappa shape index (κ2) is 7.14. The van der Waals surface area contributed by atoms with Crippen LogP contribution in [-0.4, -0.2) is 43.3 Å². The zero-order chi connectivity index (χ0) is 11.9. The molecule has 2 aliphatic rings. The van der Waals surface area contributed by atoms with Crippen LogP contribution >= 0.6 is 0 Å². The maximum Gasteiger partial charge on any atom is 0.0599 e. The number of hydrogen-bond donors (Lipinski definition) is 1. The molecular weight excluding hydrogens is 212 g/mol. The Labute approximate surface area is 105 Å². The molecule has 1 unspecified atom stereocenters. The highest BCUT2D eigenvalue weighted by Crippen LogP contribution is 2.22. The molecule has 3 nitrogen and oxygen atoms in total. The summed E-state index contributed by atoms with van der Waals surface area (Å²) in [6.07, 6.45) is 12.6. The molecule has 0 radical (unpaired) electrons. The average molecular weight is 238 g/mol. The van der Waals surface area contributed by atoms with Crippen LogP contribution in [0.4, 0.5) is 0 Å². The molecule has 3 heteroatoms. The van der Waals surface area contributed by atoms with Gasteiger partial charge in [0.2, 0.25) is 0 Å². The molecule has 0 bridgehead atoms. The van der Waals surface area contributed by atoms with Crippen molar-refractivity contribution in [3.8, 4) is 0 Å². The fourth-order valence-electron chi connectivity index (χ4n) is 2.81. The fraction of sp³-hybridized carbons (Fsp3) is 0.857. The highest BCUT2D eigenvalue weighted by molar-refractivity contribution is 4.99. The second-order valence-electron chi connectivity index (χ2n) is 5.17. The van der Waals surface area contributed by atoms with E-state index in [4.69, 9.17) is 10.5 Å². The third-order valence-electron chi connectivity index (χ3n) is 3.88. The summed E-state index contributed by atoms with van der Waals surface area (Å²) in [6, 6.07) is 0.703. The highest BCUT2D eigenvalue weighted by Gasteiger charge is 2.24. The van der Waals surface area contributed by atoms with Crippen molar-refractivity contribution in [2.75, 3.05) is 26.2 Å². The van der Waals surface area contributed by atoms with Gasteiger partial charge in [-0.05, 0) is 45.1 Å². The van der Waals surface area contributed by atoms with Crippen molar-refractivity contribution in [1.82, 2.24) is 4.90 Å². The van der Waals surface area contributed by atoms with Gasteiger partial charge in [-0.2, -0.15) is 0 Å². The minimum atomic E-state index is 0.477. The minimum absolute atomic E-state index is 0.477. The van der Waals surface area contributed by atoms with Gasteiger partial charge in [-0.25, -0.2) is 0 Å². The van der Waals surface area contributed by atoms with E-state index in [9.17, 15) is 0 Å². The van der Waals surface area contributed by atoms with Gasteiger partial charge in [0, 0.05) is 25.7 Å². The third-order valence-corrected chi connectivity index (χ3v) is 3.88. The van der Waals surface area contributed by atoms with E-state index in [-0.39, 0.29) is 0 Å². The highest BCUT2D eigenvalue weighted by atomic mass is 16.5. The Kier molecular flexibility index (Phi) is 5.49. The van der Waals surface area contributed by atoms with Crippen molar-refractivity contribution >= 4 is 0 Å². The van der Waals surface area contributed by atoms with Crippen LogP contribution in [0.5, 0.6) is 0 Å². The molecule has 0 aromatic heterocycles. The molecule has 17 heavy (non-hydrogen) atoms. The SMILES string of the molecule is NCCCOC1CCN(C2C=CCCC2)CC1. The smallest absolute Gasteiger partial charge is 0.0599 e. The molecule has 0 spiro atoms. The molecule has 2 rings (SSSR count). The third kappa shape index (κ3) is 4.09. The molecule has 1 heterocycles. The lowest BCUT2D eigenvalue weighted by atomic mass is 9.98. The first kappa shape index (κ1) is 13.1.